The van der Waals surface area contributed by atoms with E-state index in [4.69, 9.17) is 0 Å². The Morgan fingerprint density at radius 3 is 2.15 bits per heavy atom. The number of hydrogen-bond donors (Lipinski definition) is 2. The Hall–Kier alpha value is -2.62. The van der Waals surface area contributed by atoms with Gasteiger partial charge in [0.1, 0.15) is 0 Å². The first kappa shape index (κ1) is 18.2. The van der Waals surface area contributed by atoms with Gasteiger partial charge in [0.15, 0.2) is 0 Å². The summed E-state index contributed by atoms with van der Waals surface area (Å²) >= 11 is 0. The van der Waals surface area contributed by atoms with Crippen LogP contribution in [0.5, 0.6) is 0 Å². The number of anilines is 1. The highest BCUT2D eigenvalue weighted by atomic mass is 16.2. The Kier molecular flexibility index (Phi) is 5.40. The summed E-state index contributed by atoms with van der Waals surface area (Å²) < 4.78 is 0. The topological polar surface area (TPSA) is 58.2 Å². The average Bonchev–Trinajstić information content (AvgIpc) is 3.45. The summed E-state index contributed by atoms with van der Waals surface area (Å²) in [5.74, 6) is 0.538. The van der Waals surface area contributed by atoms with Crippen LogP contribution < -0.4 is 10.6 Å². The van der Waals surface area contributed by atoms with Gasteiger partial charge in [-0.15, -0.1) is 0 Å². The molecule has 136 valence electrons. The van der Waals surface area contributed by atoms with Crippen molar-refractivity contribution in [3.8, 4) is 0 Å². The number of rotatable bonds is 6. The summed E-state index contributed by atoms with van der Waals surface area (Å²) in [6.45, 7) is 5.81. The molecule has 2 amide bonds. The maximum Gasteiger partial charge on any atom is 0.223 e. The van der Waals surface area contributed by atoms with E-state index < -0.39 is 0 Å². The molecule has 0 spiro atoms. The molecule has 26 heavy (non-hydrogen) atoms. The number of para-hydroxylation sites is 1. The van der Waals surface area contributed by atoms with E-state index in [-0.39, 0.29) is 23.8 Å². The molecule has 2 aromatic carbocycles. The van der Waals surface area contributed by atoms with Crippen LogP contribution in [0.4, 0.5) is 5.69 Å². The van der Waals surface area contributed by atoms with E-state index in [1.54, 1.807) is 0 Å². The number of benzene rings is 2. The van der Waals surface area contributed by atoms with Crippen LogP contribution in [0.2, 0.25) is 0 Å². The van der Waals surface area contributed by atoms with Gasteiger partial charge in [0.05, 0.1) is 6.04 Å². The molecule has 2 N–H and O–H groups in total. The van der Waals surface area contributed by atoms with Gasteiger partial charge in [-0.05, 0) is 36.0 Å². The van der Waals surface area contributed by atoms with E-state index in [1.165, 1.54) is 12.5 Å². The minimum atomic E-state index is -0.285. The standard InChI is InChI=1S/C22H26N2O2/c1-14(2)16-8-10-17(11-9-16)21(24-22(26)18-12-13-18)19-6-4-5-7-20(19)23-15(3)25/h4-11,14,18,21H,12-13H2,1-3H3,(H,23,25)(H,24,26)/t21-/m1/s1. The van der Waals surface area contributed by atoms with Crippen LogP contribution in [0.1, 0.15) is 62.3 Å². The summed E-state index contributed by atoms with van der Waals surface area (Å²) in [5, 5.41) is 6.06. The Morgan fingerprint density at radius 2 is 1.58 bits per heavy atom. The largest absolute Gasteiger partial charge is 0.345 e. The predicted octanol–water partition coefficient (Wildman–Crippen LogP) is 4.38. The molecule has 0 saturated heterocycles. The summed E-state index contributed by atoms with van der Waals surface area (Å²) in [4.78, 5) is 24.1. The van der Waals surface area contributed by atoms with E-state index in [0.29, 0.717) is 5.92 Å². The van der Waals surface area contributed by atoms with Crippen LogP contribution >= 0.6 is 0 Å². The van der Waals surface area contributed by atoms with Crippen molar-refractivity contribution in [2.24, 2.45) is 5.92 Å². The van der Waals surface area contributed by atoms with Gasteiger partial charge < -0.3 is 10.6 Å². The SMILES string of the molecule is CC(=O)Nc1ccccc1[C@H](NC(=O)C1CC1)c1ccc(C(C)C)cc1. The van der Waals surface area contributed by atoms with Gasteiger partial charge in [-0.3, -0.25) is 9.59 Å². The quantitative estimate of drug-likeness (QED) is 0.812. The number of hydrogen-bond acceptors (Lipinski definition) is 2. The first-order valence-electron chi connectivity index (χ1n) is 9.22. The Labute approximate surface area is 155 Å². The molecule has 3 rings (SSSR count). The van der Waals surface area contributed by atoms with Gasteiger partial charge in [0, 0.05) is 24.1 Å². The molecular weight excluding hydrogens is 324 g/mol. The van der Waals surface area contributed by atoms with Crippen LogP contribution in [0.3, 0.4) is 0 Å². The average molecular weight is 350 g/mol. The van der Waals surface area contributed by atoms with Gasteiger partial charge in [-0.1, -0.05) is 56.3 Å². The predicted molar refractivity (Wildman–Crippen MR) is 104 cm³/mol. The Morgan fingerprint density at radius 1 is 0.962 bits per heavy atom. The fraction of sp³-hybridized carbons (Fsp3) is 0.364. The number of carbonyl (C=O) groups is 2. The maximum absolute atomic E-state index is 12.5. The second-order valence-electron chi connectivity index (χ2n) is 7.31. The molecular formula is C22H26N2O2. The zero-order valence-electron chi connectivity index (χ0n) is 15.6. The molecule has 1 fully saturated rings. The lowest BCUT2D eigenvalue weighted by Gasteiger charge is -2.23. The number of amides is 2. The van der Waals surface area contributed by atoms with Crippen molar-refractivity contribution in [3.63, 3.8) is 0 Å². The number of carbonyl (C=O) groups excluding carboxylic acids is 2. The molecule has 0 heterocycles. The minimum absolute atomic E-state index is 0.0839. The van der Waals surface area contributed by atoms with Crippen LogP contribution in [0.25, 0.3) is 0 Å². The second kappa shape index (κ2) is 7.73. The van der Waals surface area contributed by atoms with Gasteiger partial charge in [-0.25, -0.2) is 0 Å². The lowest BCUT2D eigenvalue weighted by molar-refractivity contribution is -0.122. The fourth-order valence-corrected chi connectivity index (χ4v) is 3.07. The molecule has 0 unspecified atom stereocenters. The monoisotopic (exact) mass is 350 g/mol. The molecule has 0 aliphatic heterocycles. The smallest absolute Gasteiger partial charge is 0.223 e. The normalized spacial score (nSPS) is 14.8. The molecule has 4 nitrogen and oxygen atoms in total. The fourth-order valence-electron chi connectivity index (χ4n) is 3.07. The lowest BCUT2D eigenvalue weighted by Crippen LogP contribution is -2.31. The molecule has 0 bridgehead atoms. The molecule has 0 aromatic heterocycles. The van der Waals surface area contributed by atoms with E-state index in [2.05, 4.69) is 48.7 Å². The highest BCUT2D eigenvalue weighted by molar-refractivity contribution is 5.90. The van der Waals surface area contributed by atoms with Gasteiger partial charge in [0.2, 0.25) is 11.8 Å². The van der Waals surface area contributed by atoms with Crippen molar-refractivity contribution in [2.45, 2.75) is 45.6 Å². The first-order valence-corrected chi connectivity index (χ1v) is 9.22. The summed E-state index contributed by atoms with van der Waals surface area (Å²) in [6.07, 6.45) is 1.91. The van der Waals surface area contributed by atoms with Crippen molar-refractivity contribution < 1.29 is 9.59 Å². The van der Waals surface area contributed by atoms with Crippen molar-refractivity contribution in [2.75, 3.05) is 5.32 Å². The molecule has 1 aliphatic rings. The van der Waals surface area contributed by atoms with Crippen molar-refractivity contribution in [1.82, 2.24) is 5.32 Å². The number of nitrogens with one attached hydrogen (secondary N) is 2. The van der Waals surface area contributed by atoms with E-state index in [9.17, 15) is 9.59 Å². The Balaban J connectivity index is 1.98. The minimum Gasteiger partial charge on any atom is -0.345 e. The molecule has 0 radical (unpaired) electrons. The second-order valence-corrected chi connectivity index (χ2v) is 7.31. The zero-order valence-corrected chi connectivity index (χ0v) is 15.6. The van der Waals surface area contributed by atoms with Crippen LogP contribution in [-0.2, 0) is 9.59 Å². The van der Waals surface area contributed by atoms with E-state index in [1.807, 2.05) is 24.3 Å². The Bertz CT molecular complexity index is 792. The summed E-state index contributed by atoms with van der Waals surface area (Å²) in [7, 11) is 0. The summed E-state index contributed by atoms with van der Waals surface area (Å²) in [6, 6.07) is 15.7. The highest BCUT2D eigenvalue weighted by Gasteiger charge is 2.32. The lowest BCUT2D eigenvalue weighted by atomic mass is 9.94. The highest BCUT2D eigenvalue weighted by Crippen LogP contribution is 2.33. The van der Waals surface area contributed by atoms with Gasteiger partial charge in [0.25, 0.3) is 0 Å². The van der Waals surface area contributed by atoms with Crippen LogP contribution in [-0.4, -0.2) is 11.8 Å². The molecule has 1 aliphatic carbocycles. The van der Waals surface area contributed by atoms with Crippen LogP contribution in [0.15, 0.2) is 48.5 Å². The van der Waals surface area contributed by atoms with Crippen molar-refractivity contribution in [3.05, 3.63) is 65.2 Å². The third kappa shape index (κ3) is 4.31. The third-order valence-electron chi connectivity index (χ3n) is 4.75. The van der Waals surface area contributed by atoms with Crippen molar-refractivity contribution >= 4 is 17.5 Å². The van der Waals surface area contributed by atoms with Gasteiger partial charge in [-0.2, -0.15) is 0 Å². The van der Waals surface area contributed by atoms with E-state index >= 15 is 0 Å². The summed E-state index contributed by atoms with van der Waals surface area (Å²) in [5.41, 5.74) is 3.90. The maximum atomic E-state index is 12.5. The third-order valence-corrected chi connectivity index (χ3v) is 4.75. The molecule has 1 saturated carbocycles. The first-order chi connectivity index (χ1) is 12.5. The molecule has 2 aromatic rings. The molecule has 4 heteroatoms. The molecule has 1 atom stereocenters. The zero-order chi connectivity index (χ0) is 18.7. The van der Waals surface area contributed by atoms with E-state index in [0.717, 1.165) is 29.7 Å². The van der Waals surface area contributed by atoms with Crippen LogP contribution in [0, 0.1) is 5.92 Å². The van der Waals surface area contributed by atoms with Gasteiger partial charge >= 0.3 is 0 Å². The van der Waals surface area contributed by atoms with Crippen molar-refractivity contribution in [1.29, 1.82) is 0 Å².